The lowest BCUT2D eigenvalue weighted by Gasteiger charge is -2.18. The van der Waals surface area contributed by atoms with E-state index in [1.54, 1.807) is 0 Å². The maximum Gasteiger partial charge on any atom is -0.0322 e. The quantitative estimate of drug-likeness (QED) is 0.400. The number of hydrogen-bond acceptors (Lipinski definition) is 0. The van der Waals surface area contributed by atoms with E-state index < -0.39 is 0 Å². The zero-order chi connectivity index (χ0) is 15.3. The first-order valence-corrected chi connectivity index (χ1v) is 10.6. The van der Waals surface area contributed by atoms with E-state index in [1.807, 2.05) is 0 Å². The van der Waals surface area contributed by atoms with Crippen LogP contribution in [0.3, 0.4) is 0 Å². The number of rotatable bonds is 0. The first-order chi connectivity index (χ1) is 10.9. The summed E-state index contributed by atoms with van der Waals surface area (Å²) < 4.78 is 0. The molecule has 22 heavy (non-hydrogen) atoms. The van der Waals surface area contributed by atoms with Gasteiger partial charge in [-0.25, -0.2) is 0 Å². The zero-order valence-electron chi connectivity index (χ0n) is 15.0. The van der Waals surface area contributed by atoms with Crippen LogP contribution >= 0.6 is 0 Å². The Morgan fingerprint density at radius 1 is 0.364 bits per heavy atom. The normalized spacial score (nSPS) is 30.9. The average molecular weight is 305 g/mol. The molecule has 0 aromatic carbocycles. The van der Waals surface area contributed by atoms with Gasteiger partial charge in [0.25, 0.3) is 0 Å². The SMILES string of the molecule is C1=CCC2CCCCCCCCC(C1)CCCCCCCC2. The lowest BCUT2D eigenvalue weighted by Crippen LogP contribution is -2.03. The van der Waals surface area contributed by atoms with Gasteiger partial charge in [-0.1, -0.05) is 115 Å². The Hall–Kier alpha value is -0.260. The highest BCUT2D eigenvalue weighted by Gasteiger charge is 2.10. The molecule has 0 amide bonds. The summed E-state index contributed by atoms with van der Waals surface area (Å²) in [5, 5.41) is 0. The van der Waals surface area contributed by atoms with Crippen molar-refractivity contribution in [1.82, 2.24) is 0 Å². The van der Waals surface area contributed by atoms with Gasteiger partial charge in [0.15, 0.2) is 0 Å². The molecule has 0 spiro atoms. The molecule has 2 bridgehead atoms. The third kappa shape index (κ3) is 8.39. The molecule has 0 fully saturated rings. The number of allylic oxidation sites excluding steroid dienone is 2. The molecule has 2 aliphatic rings. The van der Waals surface area contributed by atoms with E-state index >= 15 is 0 Å². The molecular weight excluding hydrogens is 264 g/mol. The summed E-state index contributed by atoms with van der Waals surface area (Å²) in [5.41, 5.74) is 0. The molecule has 0 heterocycles. The van der Waals surface area contributed by atoms with Gasteiger partial charge in [-0.3, -0.25) is 0 Å². The third-order valence-corrected chi connectivity index (χ3v) is 6.05. The summed E-state index contributed by atoms with van der Waals surface area (Å²) in [4.78, 5) is 0. The van der Waals surface area contributed by atoms with Crippen LogP contribution < -0.4 is 0 Å². The fraction of sp³-hybridized carbons (Fsp3) is 0.909. The topological polar surface area (TPSA) is 0 Å². The molecule has 0 aromatic rings. The first-order valence-electron chi connectivity index (χ1n) is 10.6. The minimum Gasteiger partial charge on any atom is -0.0883 e. The van der Waals surface area contributed by atoms with E-state index in [9.17, 15) is 0 Å². The van der Waals surface area contributed by atoms with Crippen molar-refractivity contribution in [2.75, 3.05) is 0 Å². The van der Waals surface area contributed by atoms with Crippen LogP contribution in [0.15, 0.2) is 12.2 Å². The zero-order valence-corrected chi connectivity index (χ0v) is 15.0. The molecule has 0 aromatic heterocycles. The molecule has 2 aliphatic carbocycles. The third-order valence-electron chi connectivity index (χ3n) is 6.05. The molecule has 0 unspecified atom stereocenters. The number of fused-ring (bicyclic) bond motifs is 4. The second-order valence-electron chi connectivity index (χ2n) is 8.07. The summed E-state index contributed by atoms with van der Waals surface area (Å²) in [6.07, 6.45) is 31.7. The molecule has 0 heteroatoms. The molecule has 0 atom stereocenters. The smallest absolute Gasteiger partial charge is 0.0322 e. The van der Waals surface area contributed by atoms with Gasteiger partial charge in [-0.05, 0) is 24.7 Å². The summed E-state index contributed by atoms with van der Waals surface area (Å²) in [6, 6.07) is 0. The molecular formula is C22H40. The van der Waals surface area contributed by atoms with Gasteiger partial charge in [0.05, 0.1) is 0 Å². The van der Waals surface area contributed by atoms with Crippen molar-refractivity contribution in [3.63, 3.8) is 0 Å². The van der Waals surface area contributed by atoms with Crippen LogP contribution in [0.1, 0.15) is 116 Å². The van der Waals surface area contributed by atoms with E-state index in [1.165, 1.54) is 116 Å². The van der Waals surface area contributed by atoms with Crippen LogP contribution in [0.2, 0.25) is 0 Å². The van der Waals surface area contributed by atoms with Crippen LogP contribution in [0, 0.1) is 11.8 Å². The van der Waals surface area contributed by atoms with Gasteiger partial charge >= 0.3 is 0 Å². The predicted molar refractivity (Wildman–Crippen MR) is 99.2 cm³/mol. The molecule has 0 aliphatic heterocycles. The predicted octanol–water partition coefficient (Wildman–Crippen LogP) is 7.82. The molecule has 2 rings (SSSR count). The van der Waals surface area contributed by atoms with E-state index in [0.29, 0.717) is 0 Å². The Bertz CT molecular complexity index is 230. The van der Waals surface area contributed by atoms with E-state index in [0.717, 1.165) is 11.8 Å². The maximum atomic E-state index is 2.55. The summed E-state index contributed by atoms with van der Waals surface area (Å²) in [6.45, 7) is 0. The van der Waals surface area contributed by atoms with Crippen molar-refractivity contribution < 1.29 is 0 Å². The Labute approximate surface area is 140 Å². The minimum atomic E-state index is 0.987. The summed E-state index contributed by atoms with van der Waals surface area (Å²) in [7, 11) is 0. The van der Waals surface area contributed by atoms with Crippen LogP contribution in [-0.4, -0.2) is 0 Å². The van der Waals surface area contributed by atoms with Crippen LogP contribution in [0.25, 0.3) is 0 Å². The van der Waals surface area contributed by atoms with Gasteiger partial charge in [0.1, 0.15) is 0 Å². The van der Waals surface area contributed by atoms with Gasteiger partial charge in [-0.15, -0.1) is 0 Å². The minimum absolute atomic E-state index is 0.987. The molecule has 128 valence electrons. The fourth-order valence-corrected chi connectivity index (χ4v) is 4.48. The Morgan fingerprint density at radius 3 is 0.955 bits per heavy atom. The second-order valence-corrected chi connectivity index (χ2v) is 8.07. The first kappa shape index (κ1) is 18.1. The van der Waals surface area contributed by atoms with Crippen molar-refractivity contribution in [1.29, 1.82) is 0 Å². The highest BCUT2D eigenvalue weighted by molar-refractivity contribution is 4.86. The van der Waals surface area contributed by atoms with Gasteiger partial charge in [0.2, 0.25) is 0 Å². The monoisotopic (exact) mass is 304 g/mol. The van der Waals surface area contributed by atoms with Gasteiger partial charge in [-0.2, -0.15) is 0 Å². The fourth-order valence-electron chi connectivity index (χ4n) is 4.48. The lowest BCUT2D eigenvalue weighted by molar-refractivity contribution is 0.381. The van der Waals surface area contributed by atoms with E-state index in [4.69, 9.17) is 0 Å². The van der Waals surface area contributed by atoms with Gasteiger partial charge < -0.3 is 0 Å². The molecule has 0 N–H and O–H groups in total. The van der Waals surface area contributed by atoms with Crippen molar-refractivity contribution in [3.8, 4) is 0 Å². The lowest BCUT2D eigenvalue weighted by atomic mass is 9.88. The Kier molecular flexibility index (Phi) is 10.0. The largest absolute Gasteiger partial charge is 0.0883 e. The van der Waals surface area contributed by atoms with Crippen molar-refractivity contribution >= 4 is 0 Å². The van der Waals surface area contributed by atoms with E-state index in [2.05, 4.69) is 12.2 Å². The van der Waals surface area contributed by atoms with Crippen molar-refractivity contribution in [2.45, 2.75) is 116 Å². The Morgan fingerprint density at radius 2 is 0.636 bits per heavy atom. The van der Waals surface area contributed by atoms with Gasteiger partial charge in [0, 0.05) is 0 Å². The molecule has 0 radical (unpaired) electrons. The van der Waals surface area contributed by atoms with E-state index in [-0.39, 0.29) is 0 Å². The average Bonchev–Trinajstić information content (AvgIpc) is 2.53. The number of hydrogen-bond donors (Lipinski definition) is 0. The second kappa shape index (κ2) is 12.2. The van der Waals surface area contributed by atoms with Crippen LogP contribution in [0.5, 0.6) is 0 Å². The highest BCUT2D eigenvalue weighted by atomic mass is 14.2. The van der Waals surface area contributed by atoms with Crippen molar-refractivity contribution in [2.24, 2.45) is 11.8 Å². The highest BCUT2D eigenvalue weighted by Crippen LogP contribution is 2.26. The standard InChI is InChI=1S/C22H40/c1-2-6-10-16-22-18-12-8-4-3-7-11-17-21(15-9-5-1)19-13-14-20-22/h13-14,21-22H,1-12,15-20H2. The summed E-state index contributed by atoms with van der Waals surface area (Å²) >= 11 is 0. The molecule has 0 saturated carbocycles. The van der Waals surface area contributed by atoms with Crippen LogP contribution in [-0.2, 0) is 0 Å². The van der Waals surface area contributed by atoms with Crippen molar-refractivity contribution in [3.05, 3.63) is 12.2 Å². The maximum absolute atomic E-state index is 2.55. The van der Waals surface area contributed by atoms with Crippen LogP contribution in [0.4, 0.5) is 0 Å². The summed E-state index contributed by atoms with van der Waals surface area (Å²) in [5.74, 6) is 1.97. The Balaban J connectivity index is 1.92. The molecule has 0 nitrogen and oxygen atoms in total. The molecule has 0 saturated heterocycles.